The Hall–Kier alpha value is -3.02. The molecule has 3 rings (SSSR count). The van der Waals surface area contributed by atoms with Gasteiger partial charge in [-0.3, -0.25) is 24.4 Å². The van der Waals surface area contributed by atoms with E-state index in [4.69, 9.17) is 0 Å². The van der Waals surface area contributed by atoms with Crippen molar-refractivity contribution in [2.45, 2.75) is 25.2 Å². The lowest BCUT2D eigenvalue weighted by Crippen LogP contribution is -2.25. The van der Waals surface area contributed by atoms with Crippen LogP contribution in [0.15, 0.2) is 36.7 Å². The van der Waals surface area contributed by atoms with Crippen molar-refractivity contribution in [2.75, 3.05) is 14.2 Å². The fourth-order valence-electron chi connectivity index (χ4n) is 2.24. The molecule has 1 aliphatic carbocycles. The molecule has 0 radical (unpaired) electrons. The molecule has 12 heteroatoms. The minimum absolute atomic E-state index is 0.00327. The number of carbonyl (C=O) groups is 2. The monoisotopic (exact) mass is 449 g/mol. The van der Waals surface area contributed by atoms with Crippen molar-refractivity contribution in [1.82, 2.24) is 15.0 Å². The first-order valence-electron chi connectivity index (χ1n) is 8.77. The number of carbonyl (C=O) groups excluding carboxylic acids is 2. The highest BCUT2D eigenvalue weighted by molar-refractivity contribution is 5.99. The third-order valence-corrected chi connectivity index (χ3v) is 4.15. The zero-order valence-corrected chi connectivity index (χ0v) is 16.3. The molecule has 31 heavy (non-hydrogen) atoms. The Morgan fingerprint density at radius 2 is 1.35 bits per heavy atom. The molecule has 2 heterocycles. The minimum atomic E-state index is -4.51. The smallest absolute Gasteiger partial charge is 0.294 e. The number of alkyl halides is 6. The van der Waals surface area contributed by atoms with E-state index >= 15 is 0 Å². The Bertz CT molecular complexity index is 907. The molecule has 0 unspecified atom stereocenters. The molecule has 0 aliphatic heterocycles. The lowest BCUT2D eigenvalue weighted by Gasteiger charge is -2.13. The number of pyridine rings is 2. The maximum Gasteiger partial charge on any atom is 0.433 e. The summed E-state index contributed by atoms with van der Waals surface area (Å²) in [5.74, 6) is -0.663. The highest BCUT2D eigenvalue weighted by Crippen LogP contribution is 2.33. The fraction of sp³-hybridized carbons (Fsp3) is 0.368. The van der Waals surface area contributed by atoms with E-state index in [9.17, 15) is 35.9 Å². The predicted molar refractivity (Wildman–Crippen MR) is 94.6 cm³/mol. The topological polar surface area (TPSA) is 72.4 Å². The Kier molecular flexibility index (Phi) is 7.37. The number of halogens is 6. The van der Waals surface area contributed by atoms with Gasteiger partial charge < -0.3 is 0 Å². The molecular weight excluding hydrogens is 432 g/mol. The fourth-order valence-corrected chi connectivity index (χ4v) is 2.24. The van der Waals surface area contributed by atoms with Crippen LogP contribution in [0.1, 0.15) is 44.9 Å². The van der Waals surface area contributed by atoms with Gasteiger partial charge in [-0.1, -0.05) is 0 Å². The van der Waals surface area contributed by atoms with Gasteiger partial charge >= 0.3 is 12.4 Å². The lowest BCUT2D eigenvalue weighted by atomic mass is 10.1. The first-order valence-corrected chi connectivity index (χ1v) is 8.77. The summed E-state index contributed by atoms with van der Waals surface area (Å²) >= 11 is 0. The number of hydroxylamine groups is 2. The van der Waals surface area contributed by atoms with Gasteiger partial charge in [0.2, 0.25) is 0 Å². The number of hydrogen-bond donors (Lipinski definition) is 0. The Morgan fingerprint density at radius 1 is 0.903 bits per heavy atom. The molecule has 1 fully saturated rings. The molecule has 1 amide bonds. The van der Waals surface area contributed by atoms with Crippen molar-refractivity contribution < 1.29 is 40.8 Å². The van der Waals surface area contributed by atoms with Crippen molar-refractivity contribution in [2.24, 2.45) is 5.92 Å². The van der Waals surface area contributed by atoms with Gasteiger partial charge in [0.05, 0.1) is 12.7 Å². The highest BCUT2D eigenvalue weighted by Gasteiger charge is 2.34. The van der Waals surface area contributed by atoms with Crippen molar-refractivity contribution in [3.8, 4) is 0 Å². The van der Waals surface area contributed by atoms with E-state index in [2.05, 4.69) is 14.8 Å². The average molecular weight is 449 g/mol. The quantitative estimate of drug-likeness (QED) is 0.393. The van der Waals surface area contributed by atoms with Crippen molar-refractivity contribution >= 4 is 11.7 Å². The first kappa shape index (κ1) is 24.3. The van der Waals surface area contributed by atoms with Crippen molar-refractivity contribution in [3.63, 3.8) is 0 Å². The van der Waals surface area contributed by atoms with E-state index in [0.717, 1.165) is 48.5 Å². The van der Waals surface area contributed by atoms with Gasteiger partial charge in [0.15, 0.2) is 5.78 Å². The summed E-state index contributed by atoms with van der Waals surface area (Å²) in [6, 6.07) is 3.83. The van der Waals surface area contributed by atoms with E-state index in [0.29, 0.717) is 0 Å². The van der Waals surface area contributed by atoms with E-state index in [1.54, 1.807) is 0 Å². The number of nitrogens with zero attached hydrogens (tertiary/aromatic N) is 3. The zero-order chi connectivity index (χ0) is 23.4. The molecule has 2 aromatic heterocycles. The summed E-state index contributed by atoms with van der Waals surface area (Å²) in [4.78, 5) is 33.9. The molecule has 1 saturated carbocycles. The molecule has 0 N–H and O–H groups in total. The summed E-state index contributed by atoms with van der Waals surface area (Å²) in [5, 5.41) is 0.893. The molecular formula is C19H17F6N3O3. The number of hydrogen-bond acceptors (Lipinski definition) is 5. The van der Waals surface area contributed by atoms with Crippen molar-refractivity contribution in [1.29, 1.82) is 0 Å². The Labute approximate surface area is 172 Å². The van der Waals surface area contributed by atoms with Crippen LogP contribution in [0.5, 0.6) is 0 Å². The summed E-state index contributed by atoms with van der Waals surface area (Å²) < 4.78 is 72.9. The van der Waals surface area contributed by atoms with Gasteiger partial charge in [-0.15, -0.1) is 0 Å². The van der Waals surface area contributed by atoms with E-state index in [1.807, 2.05) is 0 Å². The number of aromatic nitrogens is 2. The largest absolute Gasteiger partial charge is 0.433 e. The number of rotatable bonds is 4. The number of ketones is 1. The second-order valence-electron chi connectivity index (χ2n) is 6.48. The third-order valence-electron chi connectivity index (χ3n) is 4.15. The standard InChI is InChI=1S/C10H8F3NO.C9H9F3N2O2/c11-10(12,13)8-4-3-7(5-14-8)9(15)6-1-2-6;1-14(16-2)8(15)6-3-4-7(13-5-6)9(10,11)12/h3-6H,1-2H2;3-5H,1-2H3. The second-order valence-corrected chi connectivity index (χ2v) is 6.48. The molecule has 0 atom stereocenters. The van der Waals surface area contributed by atoms with Crippen LogP contribution < -0.4 is 0 Å². The SMILES string of the molecule is CON(C)C(=O)c1ccc(C(F)(F)F)nc1.O=C(c1ccc(C(F)(F)F)nc1)C1CC1. The Balaban J connectivity index is 0.000000220. The minimum Gasteiger partial charge on any atom is -0.294 e. The Morgan fingerprint density at radius 3 is 1.68 bits per heavy atom. The molecule has 6 nitrogen and oxygen atoms in total. The van der Waals surface area contributed by atoms with Gasteiger partial charge in [0.1, 0.15) is 11.4 Å². The van der Waals surface area contributed by atoms with E-state index in [1.165, 1.54) is 20.2 Å². The molecule has 0 spiro atoms. The zero-order valence-electron chi connectivity index (χ0n) is 16.3. The van der Waals surface area contributed by atoms with Gasteiger partial charge in [-0.05, 0) is 37.1 Å². The van der Waals surface area contributed by atoms with E-state index < -0.39 is 29.6 Å². The molecule has 0 bridgehead atoms. The van der Waals surface area contributed by atoms with Crippen molar-refractivity contribution in [3.05, 3.63) is 59.2 Å². The van der Waals surface area contributed by atoms with Crippen LogP contribution in [0, 0.1) is 5.92 Å². The van der Waals surface area contributed by atoms with Gasteiger partial charge in [-0.25, -0.2) is 5.06 Å². The van der Waals surface area contributed by atoms with Crippen LogP contribution in [0.3, 0.4) is 0 Å². The molecule has 1 aliphatic rings. The maximum absolute atomic E-state index is 12.2. The predicted octanol–water partition coefficient (Wildman–Crippen LogP) is 4.43. The van der Waals surface area contributed by atoms with Crippen LogP contribution in [0.2, 0.25) is 0 Å². The normalized spacial score (nSPS) is 13.8. The second kappa shape index (κ2) is 9.41. The number of amides is 1. The average Bonchev–Trinajstić information content (AvgIpc) is 3.57. The van der Waals surface area contributed by atoms with Crippen LogP contribution in [0.25, 0.3) is 0 Å². The van der Waals surface area contributed by atoms with Crippen LogP contribution >= 0.6 is 0 Å². The summed E-state index contributed by atoms with van der Waals surface area (Å²) in [6.07, 6.45) is -5.42. The van der Waals surface area contributed by atoms with E-state index in [-0.39, 0.29) is 22.8 Å². The molecule has 0 saturated heterocycles. The first-order chi connectivity index (χ1) is 14.3. The summed E-state index contributed by atoms with van der Waals surface area (Å²) in [6.45, 7) is 0. The highest BCUT2D eigenvalue weighted by atomic mass is 19.4. The summed E-state index contributed by atoms with van der Waals surface area (Å²) in [5.41, 5.74) is -1.71. The third kappa shape index (κ3) is 6.74. The maximum atomic E-state index is 12.2. The van der Waals surface area contributed by atoms with Crippen LogP contribution in [-0.2, 0) is 17.2 Å². The van der Waals surface area contributed by atoms with Gasteiger partial charge in [0.25, 0.3) is 5.91 Å². The lowest BCUT2D eigenvalue weighted by molar-refractivity contribution is -0.142. The molecule has 2 aromatic rings. The van der Waals surface area contributed by atoms with Crippen LogP contribution in [-0.4, -0.2) is 40.9 Å². The molecule has 168 valence electrons. The van der Waals surface area contributed by atoms with Gasteiger partial charge in [0, 0.05) is 30.9 Å². The van der Waals surface area contributed by atoms with Crippen LogP contribution in [0.4, 0.5) is 26.3 Å². The number of Topliss-reactive ketones (excluding diaryl/α,β-unsaturated/α-hetero) is 1. The summed E-state index contributed by atoms with van der Waals surface area (Å²) in [7, 11) is 2.62. The molecule has 0 aromatic carbocycles. The van der Waals surface area contributed by atoms with Gasteiger partial charge in [-0.2, -0.15) is 26.3 Å².